The first-order valence-corrected chi connectivity index (χ1v) is 4.09. The number of halogens is 3. The molecule has 0 amide bonds. The molecule has 86 valence electrons. The maximum Gasteiger partial charge on any atom is 0.339 e. The van der Waals surface area contributed by atoms with Crippen molar-refractivity contribution in [1.82, 2.24) is 0 Å². The summed E-state index contributed by atoms with van der Waals surface area (Å²) in [6, 6.07) is 0. The van der Waals surface area contributed by atoms with Gasteiger partial charge in [-0.2, -0.15) is 0 Å². The van der Waals surface area contributed by atoms with Crippen LogP contribution in [0.4, 0.5) is 13.2 Å². The minimum absolute atomic E-state index is 1.18. The molecule has 0 saturated heterocycles. The molecule has 0 heterocycles. The van der Waals surface area contributed by atoms with Crippen LogP contribution in [-0.2, 0) is 0 Å². The molecule has 0 aliphatic rings. The van der Waals surface area contributed by atoms with E-state index < -0.39 is 45.4 Å². The number of carbonyl (C=O) groups is 2. The average molecular weight is 252 g/mol. The van der Waals surface area contributed by atoms with Gasteiger partial charge in [0, 0.05) is 0 Å². The SMILES string of the molecule is O=C(O)c1c(F)c(F)c(S)c(F)c1C(=O)O. The van der Waals surface area contributed by atoms with Crippen LogP contribution in [0.25, 0.3) is 0 Å². The Bertz CT molecular complexity index is 456. The van der Waals surface area contributed by atoms with Gasteiger partial charge in [0.1, 0.15) is 11.1 Å². The third-order valence-corrected chi connectivity index (χ3v) is 2.12. The number of hydrogen-bond acceptors (Lipinski definition) is 3. The fraction of sp³-hybridized carbons (Fsp3) is 0. The third-order valence-electron chi connectivity index (χ3n) is 1.73. The molecule has 0 bridgehead atoms. The highest BCUT2D eigenvalue weighted by molar-refractivity contribution is 7.80. The van der Waals surface area contributed by atoms with Gasteiger partial charge in [-0.15, -0.1) is 12.6 Å². The van der Waals surface area contributed by atoms with E-state index >= 15 is 0 Å². The molecule has 0 aromatic heterocycles. The first-order valence-electron chi connectivity index (χ1n) is 3.65. The Hall–Kier alpha value is -1.70. The van der Waals surface area contributed by atoms with Crippen LogP contribution in [0.3, 0.4) is 0 Å². The Morgan fingerprint density at radius 3 is 1.62 bits per heavy atom. The Morgan fingerprint density at radius 1 is 0.875 bits per heavy atom. The summed E-state index contributed by atoms with van der Waals surface area (Å²) in [4.78, 5) is 19.9. The van der Waals surface area contributed by atoms with E-state index in [0.29, 0.717) is 0 Å². The van der Waals surface area contributed by atoms with Gasteiger partial charge in [-0.1, -0.05) is 0 Å². The van der Waals surface area contributed by atoms with Crippen molar-refractivity contribution in [3.8, 4) is 0 Å². The monoisotopic (exact) mass is 252 g/mol. The quantitative estimate of drug-likeness (QED) is 0.554. The summed E-state index contributed by atoms with van der Waals surface area (Å²) in [6.45, 7) is 0. The fourth-order valence-electron chi connectivity index (χ4n) is 1.05. The maximum absolute atomic E-state index is 13.2. The lowest BCUT2D eigenvalue weighted by Gasteiger charge is -2.07. The molecule has 2 N–H and O–H groups in total. The molecule has 16 heavy (non-hydrogen) atoms. The molecule has 0 fully saturated rings. The van der Waals surface area contributed by atoms with Gasteiger partial charge in [-0.3, -0.25) is 0 Å². The van der Waals surface area contributed by atoms with Crippen LogP contribution in [0.5, 0.6) is 0 Å². The topological polar surface area (TPSA) is 74.6 Å². The van der Waals surface area contributed by atoms with E-state index in [4.69, 9.17) is 10.2 Å². The van der Waals surface area contributed by atoms with Gasteiger partial charge < -0.3 is 10.2 Å². The highest BCUT2D eigenvalue weighted by Crippen LogP contribution is 2.27. The summed E-state index contributed by atoms with van der Waals surface area (Å²) < 4.78 is 39.2. The van der Waals surface area contributed by atoms with Crippen LogP contribution in [-0.4, -0.2) is 22.2 Å². The Kier molecular flexibility index (Phi) is 3.13. The molecule has 4 nitrogen and oxygen atoms in total. The van der Waals surface area contributed by atoms with E-state index in [9.17, 15) is 22.8 Å². The minimum Gasteiger partial charge on any atom is -0.478 e. The van der Waals surface area contributed by atoms with Crippen LogP contribution in [0, 0.1) is 17.5 Å². The molecule has 1 rings (SSSR count). The summed E-state index contributed by atoms with van der Waals surface area (Å²) in [5, 5.41) is 17.0. The lowest BCUT2D eigenvalue weighted by Crippen LogP contribution is -2.16. The van der Waals surface area contributed by atoms with E-state index in [0.717, 1.165) is 0 Å². The Morgan fingerprint density at radius 2 is 1.25 bits per heavy atom. The van der Waals surface area contributed by atoms with E-state index in [-0.39, 0.29) is 0 Å². The summed E-state index contributed by atoms with van der Waals surface area (Å²) in [5.41, 5.74) is -3.03. The van der Waals surface area contributed by atoms with Gasteiger partial charge in [-0.05, 0) is 0 Å². The molecule has 1 aromatic rings. The number of hydrogen-bond donors (Lipinski definition) is 3. The predicted molar refractivity (Wildman–Crippen MR) is 47.5 cm³/mol. The molecule has 8 heteroatoms. The average Bonchev–Trinajstić information content (AvgIpc) is 2.18. The van der Waals surface area contributed by atoms with Crippen LogP contribution >= 0.6 is 12.6 Å². The standard InChI is InChI=1S/C8H3F3O4S/c9-3-1(7(12)13)2(8(14)15)4(10)6(16)5(3)11/h16H,(H,12,13)(H,14,15). The Balaban J connectivity index is 3.83. The highest BCUT2D eigenvalue weighted by atomic mass is 32.1. The van der Waals surface area contributed by atoms with Gasteiger partial charge in [0.2, 0.25) is 0 Å². The van der Waals surface area contributed by atoms with Gasteiger partial charge in [-0.25, -0.2) is 22.8 Å². The number of thiol groups is 1. The second-order valence-electron chi connectivity index (χ2n) is 2.65. The van der Waals surface area contributed by atoms with Crippen molar-refractivity contribution in [2.24, 2.45) is 0 Å². The number of carboxylic acids is 2. The number of benzene rings is 1. The van der Waals surface area contributed by atoms with Crippen LogP contribution < -0.4 is 0 Å². The lowest BCUT2D eigenvalue weighted by molar-refractivity contribution is 0.0640. The van der Waals surface area contributed by atoms with E-state index in [1.807, 2.05) is 0 Å². The zero-order valence-corrected chi connectivity index (χ0v) is 8.19. The van der Waals surface area contributed by atoms with E-state index in [1.54, 1.807) is 0 Å². The second kappa shape index (κ2) is 4.05. The molecular formula is C8H3F3O4S. The maximum atomic E-state index is 13.2. The number of aromatic carboxylic acids is 2. The summed E-state index contributed by atoms with van der Waals surface area (Å²) >= 11 is 3.21. The second-order valence-corrected chi connectivity index (χ2v) is 3.10. The van der Waals surface area contributed by atoms with Crippen molar-refractivity contribution in [2.75, 3.05) is 0 Å². The van der Waals surface area contributed by atoms with Gasteiger partial charge in [0.25, 0.3) is 0 Å². The van der Waals surface area contributed by atoms with Gasteiger partial charge in [0.05, 0.1) is 4.90 Å². The molecule has 0 radical (unpaired) electrons. The van der Waals surface area contributed by atoms with Crippen LogP contribution in [0.2, 0.25) is 0 Å². The van der Waals surface area contributed by atoms with Crippen LogP contribution in [0.1, 0.15) is 20.7 Å². The lowest BCUT2D eigenvalue weighted by atomic mass is 10.1. The van der Waals surface area contributed by atoms with Gasteiger partial charge >= 0.3 is 11.9 Å². The third kappa shape index (κ3) is 1.71. The van der Waals surface area contributed by atoms with Crippen molar-refractivity contribution >= 4 is 24.6 Å². The van der Waals surface area contributed by atoms with Crippen molar-refractivity contribution in [3.05, 3.63) is 28.6 Å². The van der Waals surface area contributed by atoms with Crippen LogP contribution in [0.15, 0.2) is 4.90 Å². The zero-order chi connectivity index (χ0) is 12.6. The first-order chi connectivity index (χ1) is 7.29. The zero-order valence-electron chi connectivity index (χ0n) is 7.29. The molecule has 0 atom stereocenters. The number of rotatable bonds is 2. The van der Waals surface area contributed by atoms with Crippen molar-refractivity contribution in [3.63, 3.8) is 0 Å². The predicted octanol–water partition coefficient (Wildman–Crippen LogP) is 1.79. The largest absolute Gasteiger partial charge is 0.478 e. The van der Waals surface area contributed by atoms with E-state index in [2.05, 4.69) is 12.6 Å². The Labute approximate surface area is 91.7 Å². The highest BCUT2D eigenvalue weighted by Gasteiger charge is 2.30. The molecule has 0 spiro atoms. The van der Waals surface area contributed by atoms with Gasteiger partial charge in [0.15, 0.2) is 17.5 Å². The van der Waals surface area contributed by atoms with Crippen molar-refractivity contribution in [2.45, 2.75) is 4.90 Å². The fourth-order valence-corrected chi connectivity index (χ4v) is 1.26. The normalized spacial score (nSPS) is 10.2. The molecule has 0 saturated carbocycles. The van der Waals surface area contributed by atoms with E-state index in [1.165, 1.54) is 0 Å². The molecule has 1 aromatic carbocycles. The summed E-state index contributed by atoms with van der Waals surface area (Å²) in [6.07, 6.45) is 0. The molecule has 0 unspecified atom stereocenters. The molecule has 0 aliphatic carbocycles. The number of carboxylic acid groups (broad SMARTS) is 2. The molecular weight excluding hydrogens is 249 g/mol. The minimum atomic E-state index is -2.08. The van der Waals surface area contributed by atoms with Crippen molar-refractivity contribution < 1.29 is 33.0 Å². The first kappa shape index (κ1) is 12.4. The summed E-state index contributed by atoms with van der Waals surface area (Å²) in [7, 11) is 0. The van der Waals surface area contributed by atoms with Crippen molar-refractivity contribution in [1.29, 1.82) is 0 Å². The summed E-state index contributed by atoms with van der Waals surface area (Å²) in [5.74, 6) is -9.64. The smallest absolute Gasteiger partial charge is 0.339 e. The molecule has 0 aliphatic heterocycles.